The van der Waals surface area contributed by atoms with Gasteiger partial charge in [-0.3, -0.25) is 10.1 Å². The van der Waals surface area contributed by atoms with Gasteiger partial charge < -0.3 is 9.73 Å². The fourth-order valence-electron chi connectivity index (χ4n) is 1.70. The lowest BCUT2D eigenvalue weighted by Crippen LogP contribution is -2.35. The second kappa shape index (κ2) is 5.61. The third-order valence-corrected chi connectivity index (χ3v) is 2.74. The number of benzene rings is 1. The maximum Gasteiger partial charge on any atom is 0.284 e. The molecule has 0 atom stereocenters. The number of nitrogens with one attached hydrogen (secondary N) is 1. The highest BCUT2D eigenvalue weighted by atomic mass is 19.1. The van der Waals surface area contributed by atoms with E-state index < -0.39 is 10.7 Å². The molecule has 112 valence electrons. The molecule has 2 aromatic rings. The molecule has 0 aliphatic rings. The van der Waals surface area contributed by atoms with E-state index in [0.29, 0.717) is 12.2 Å². The molecule has 0 aliphatic carbocycles. The van der Waals surface area contributed by atoms with Gasteiger partial charge in [0.1, 0.15) is 17.6 Å². The predicted octanol–water partition coefficient (Wildman–Crippen LogP) is 3.28. The van der Waals surface area contributed by atoms with Crippen molar-refractivity contribution < 1.29 is 13.7 Å². The molecule has 1 heterocycles. The van der Waals surface area contributed by atoms with Crippen molar-refractivity contribution >= 4 is 5.69 Å². The lowest BCUT2D eigenvalue weighted by Gasteiger charge is -2.19. The van der Waals surface area contributed by atoms with Crippen LogP contribution in [0.25, 0.3) is 11.5 Å². The van der Waals surface area contributed by atoms with Crippen molar-refractivity contribution in [3.63, 3.8) is 0 Å². The maximum absolute atomic E-state index is 13.1. The fourth-order valence-corrected chi connectivity index (χ4v) is 1.70. The monoisotopic (exact) mass is 293 g/mol. The molecule has 7 heteroatoms. The summed E-state index contributed by atoms with van der Waals surface area (Å²) in [6.07, 6.45) is 1.43. The Morgan fingerprint density at radius 3 is 2.76 bits per heavy atom. The molecule has 1 N–H and O–H groups in total. The third kappa shape index (κ3) is 3.85. The molecule has 21 heavy (non-hydrogen) atoms. The highest BCUT2D eigenvalue weighted by molar-refractivity contribution is 5.66. The molecule has 1 aromatic carbocycles. The molecule has 0 saturated heterocycles. The Kier molecular flexibility index (Phi) is 4.04. The van der Waals surface area contributed by atoms with Gasteiger partial charge >= 0.3 is 0 Å². The summed E-state index contributed by atoms with van der Waals surface area (Å²) in [6, 6.07) is 3.28. The Morgan fingerprint density at radius 1 is 1.43 bits per heavy atom. The lowest BCUT2D eigenvalue weighted by atomic mass is 10.1. The fraction of sp³-hybridized carbons (Fsp3) is 0.357. The van der Waals surface area contributed by atoms with E-state index in [9.17, 15) is 14.5 Å². The largest absolute Gasteiger partial charge is 0.444 e. The number of nitrogens with zero attached hydrogens (tertiary/aromatic N) is 2. The topological polar surface area (TPSA) is 81.2 Å². The first-order valence-corrected chi connectivity index (χ1v) is 6.40. The minimum atomic E-state index is -0.674. The molecule has 0 saturated carbocycles. The number of hydrogen-bond donors (Lipinski definition) is 1. The van der Waals surface area contributed by atoms with Gasteiger partial charge in [0.25, 0.3) is 5.69 Å². The number of nitro benzene ring substituents is 1. The molecule has 1 aromatic heterocycles. The summed E-state index contributed by atoms with van der Waals surface area (Å²) in [5.41, 5.74) is 0.329. The highest BCUT2D eigenvalue weighted by Crippen LogP contribution is 2.29. The Morgan fingerprint density at radius 2 is 2.14 bits per heavy atom. The number of halogens is 1. The molecular formula is C14H16FN3O3. The van der Waals surface area contributed by atoms with E-state index >= 15 is 0 Å². The molecular weight excluding hydrogens is 277 g/mol. The molecule has 0 fully saturated rings. The van der Waals surface area contributed by atoms with Gasteiger partial charge in [0.2, 0.25) is 5.89 Å². The number of nitro groups is 1. The standard InChI is InChI=1S/C14H16FN3O3/c1-14(2,3)16-7-10-8-21-13(17-10)11-5-4-9(15)6-12(11)18(19)20/h4-6,8,16H,7H2,1-3H3. The van der Waals surface area contributed by atoms with Gasteiger partial charge in [-0.2, -0.15) is 0 Å². The van der Waals surface area contributed by atoms with Crippen LogP contribution in [0.5, 0.6) is 0 Å². The van der Waals surface area contributed by atoms with Crippen molar-refractivity contribution in [2.24, 2.45) is 0 Å². The van der Waals surface area contributed by atoms with E-state index in [1.807, 2.05) is 20.8 Å². The first kappa shape index (κ1) is 15.1. The lowest BCUT2D eigenvalue weighted by molar-refractivity contribution is -0.384. The summed E-state index contributed by atoms with van der Waals surface area (Å²) >= 11 is 0. The van der Waals surface area contributed by atoms with E-state index in [1.54, 1.807) is 0 Å². The summed E-state index contributed by atoms with van der Waals surface area (Å²) in [4.78, 5) is 14.5. The average Bonchev–Trinajstić information content (AvgIpc) is 2.84. The highest BCUT2D eigenvalue weighted by Gasteiger charge is 2.20. The molecule has 0 radical (unpaired) electrons. The van der Waals surface area contributed by atoms with E-state index in [2.05, 4.69) is 10.3 Å². The average molecular weight is 293 g/mol. The van der Waals surface area contributed by atoms with Crippen LogP contribution in [-0.4, -0.2) is 15.4 Å². The third-order valence-electron chi connectivity index (χ3n) is 2.74. The van der Waals surface area contributed by atoms with Gasteiger partial charge in [-0.25, -0.2) is 9.37 Å². The first-order chi connectivity index (χ1) is 9.76. The Labute approximate surface area is 121 Å². The van der Waals surface area contributed by atoms with Gasteiger partial charge in [0.15, 0.2) is 0 Å². The van der Waals surface area contributed by atoms with Crippen LogP contribution in [0.4, 0.5) is 10.1 Å². The zero-order valence-corrected chi connectivity index (χ0v) is 12.0. The maximum atomic E-state index is 13.1. The SMILES string of the molecule is CC(C)(C)NCc1coc(-c2ccc(F)cc2[N+](=O)[O-])n1. The van der Waals surface area contributed by atoms with E-state index in [4.69, 9.17) is 4.42 Å². The van der Waals surface area contributed by atoms with Gasteiger partial charge in [0.05, 0.1) is 16.7 Å². The second-order valence-corrected chi connectivity index (χ2v) is 5.67. The Hall–Kier alpha value is -2.28. The summed E-state index contributed by atoms with van der Waals surface area (Å²) in [5, 5.41) is 14.2. The quantitative estimate of drug-likeness (QED) is 0.691. The smallest absolute Gasteiger partial charge is 0.284 e. The van der Waals surface area contributed by atoms with Gasteiger partial charge in [0, 0.05) is 12.1 Å². The van der Waals surface area contributed by atoms with Crippen LogP contribution < -0.4 is 5.32 Å². The first-order valence-electron chi connectivity index (χ1n) is 6.40. The number of aromatic nitrogens is 1. The number of hydrogen-bond acceptors (Lipinski definition) is 5. The van der Waals surface area contributed by atoms with E-state index in [-0.39, 0.29) is 22.7 Å². The van der Waals surface area contributed by atoms with Crippen molar-refractivity contribution in [3.8, 4) is 11.5 Å². The number of rotatable bonds is 4. The molecule has 6 nitrogen and oxygen atoms in total. The Bertz CT molecular complexity index is 662. The Balaban J connectivity index is 2.28. The van der Waals surface area contributed by atoms with Crippen LogP contribution in [0.15, 0.2) is 28.9 Å². The van der Waals surface area contributed by atoms with Crippen LogP contribution in [0.2, 0.25) is 0 Å². The van der Waals surface area contributed by atoms with Crippen molar-refractivity contribution in [2.75, 3.05) is 0 Å². The van der Waals surface area contributed by atoms with Gasteiger partial charge in [-0.05, 0) is 32.9 Å². The minimum Gasteiger partial charge on any atom is -0.444 e. The number of oxazole rings is 1. The molecule has 0 aliphatic heterocycles. The second-order valence-electron chi connectivity index (χ2n) is 5.67. The summed E-state index contributed by atoms with van der Waals surface area (Å²) in [5.74, 6) is -0.570. The van der Waals surface area contributed by atoms with Crippen LogP contribution in [0.3, 0.4) is 0 Å². The van der Waals surface area contributed by atoms with Crippen LogP contribution in [-0.2, 0) is 6.54 Å². The molecule has 0 amide bonds. The molecule has 0 bridgehead atoms. The van der Waals surface area contributed by atoms with Crippen molar-refractivity contribution in [3.05, 3.63) is 46.1 Å². The van der Waals surface area contributed by atoms with E-state index in [0.717, 1.165) is 12.1 Å². The predicted molar refractivity (Wildman–Crippen MR) is 75.1 cm³/mol. The zero-order valence-electron chi connectivity index (χ0n) is 12.0. The van der Waals surface area contributed by atoms with Crippen molar-refractivity contribution in [1.82, 2.24) is 10.3 Å². The molecule has 2 rings (SSSR count). The minimum absolute atomic E-state index is 0.0824. The van der Waals surface area contributed by atoms with Gasteiger partial charge in [-0.1, -0.05) is 0 Å². The van der Waals surface area contributed by atoms with Gasteiger partial charge in [-0.15, -0.1) is 0 Å². The van der Waals surface area contributed by atoms with E-state index in [1.165, 1.54) is 12.3 Å². The zero-order chi connectivity index (χ0) is 15.6. The van der Waals surface area contributed by atoms with Crippen molar-refractivity contribution in [1.29, 1.82) is 0 Å². The molecule has 0 unspecified atom stereocenters. The normalized spacial score (nSPS) is 11.6. The van der Waals surface area contributed by atoms with Crippen LogP contribution in [0, 0.1) is 15.9 Å². The van der Waals surface area contributed by atoms with Crippen LogP contribution >= 0.6 is 0 Å². The summed E-state index contributed by atoms with van der Waals surface area (Å²) < 4.78 is 18.4. The molecule has 0 spiro atoms. The van der Waals surface area contributed by atoms with Crippen molar-refractivity contribution in [2.45, 2.75) is 32.9 Å². The summed E-state index contributed by atoms with van der Waals surface area (Å²) in [7, 11) is 0. The summed E-state index contributed by atoms with van der Waals surface area (Å²) in [6.45, 7) is 6.51. The van der Waals surface area contributed by atoms with Crippen LogP contribution in [0.1, 0.15) is 26.5 Å².